The predicted molar refractivity (Wildman–Crippen MR) is 61.8 cm³/mol. The van der Waals surface area contributed by atoms with Crippen molar-refractivity contribution in [2.75, 3.05) is 19.8 Å². The van der Waals surface area contributed by atoms with Crippen LogP contribution in [0.25, 0.3) is 0 Å². The molecule has 1 aliphatic carbocycles. The first-order chi connectivity index (χ1) is 7.18. The zero-order valence-corrected chi connectivity index (χ0v) is 9.98. The molecule has 1 saturated heterocycles. The Morgan fingerprint density at radius 1 is 1.33 bits per heavy atom. The van der Waals surface area contributed by atoms with Crippen LogP contribution in [0.3, 0.4) is 0 Å². The van der Waals surface area contributed by atoms with Crippen molar-refractivity contribution in [1.82, 2.24) is 4.90 Å². The smallest absolute Gasteiger partial charge is 0.0637 e. The molecule has 2 unspecified atom stereocenters. The molecule has 2 fully saturated rings. The fourth-order valence-corrected chi connectivity index (χ4v) is 2.41. The van der Waals surface area contributed by atoms with Gasteiger partial charge in [0, 0.05) is 31.3 Å². The normalized spacial score (nSPS) is 32.6. The maximum atomic E-state index is 6.19. The molecule has 3 nitrogen and oxygen atoms in total. The Hall–Kier alpha value is -0.120. The van der Waals surface area contributed by atoms with Gasteiger partial charge in [-0.15, -0.1) is 0 Å². The first-order valence-corrected chi connectivity index (χ1v) is 6.27. The van der Waals surface area contributed by atoms with Gasteiger partial charge >= 0.3 is 0 Å². The van der Waals surface area contributed by atoms with Gasteiger partial charge in [-0.2, -0.15) is 0 Å². The van der Waals surface area contributed by atoms with Gasteiger partial charge in [0.15, 0.2) is 0 Å². The average Bonchev–Trinajstić information content (AvgIpc) is 2.99. The van der Waals surface area contributed by atoms with Gasteiger partial charge in [0.05, 0.1) is 6.61 Å². The second-order valence-corrected chi connectivity index (χ2v) is 5.33. The number of rotatable bonds is 4. The van der Waals surface area contributed by atoms with Crippen molar-refractivity contribution in [3.05, 3.63) is 0 Å². The van der Waals surface area contributed by atoms with Crippen LogP contribution in [0, 0.1) is 5.92 Å². The second kappa shape index (κ2) is 4.81. The van der Waals surface area contributed by atoms with Crippen molar-refractivity contribution >= 4 is 0 Å². The Kier molecular flexibility index (Phi) is 3.65. The van der Waals surface area contributed by atoms with Crippen molar-refractivity contribution in [1.29, 1.82) is 0 Å². The molecule has 0 aromatic rings. The molecule has 3 heteroatoms. The first kappa shape index (κ1) is 11.4. The van der Waals surface area contributed by atoms with E-state index >= 15 is 0 Å². The number of ether oxygens (including phenoxy) is 1. The van der Waals surface area contributed by atoms with Gasteiger partial charge < -0.3 is 10.5 Å². The van der Waals surface area contributed by atoms with E-state index in [4.69, 9.17) is 10.5 Å². The molecule has 2 N–H and O–H groups in total. The summed E-state index contributed by atoms with van der Waals surface area (Å²) in [6.45, 7) is 7.42. The van der Waals surface area contributed by atoms with Gasteiger partial charge in [-0.25, -0.2) is 0 Å². The van der Waals surface area contributed by atoms with E-state index in [1.54, 1.807) is 0 Å². The van der Waals surface area contributed by atoms with E-state index in [-0.39, 0.29) is 0 Å². The molecule has 0 spiro atoms. The standard InChI is InChI=1S/C12H24N2O/c1-9(2)14(7-10-3-4-10)12-8-15-6-5-11(12)13/h9-12H,3-8,13H2,1-2H3. The highest BCUT2D eigenvalue weighted by atomic mass is 16.5. The second-order valence-electron chi connectivity index (χ2n) is 5.33. The molecule has 0 aromatic heterocycles. The van der Waals surface area contributed by atoms with E-state index in [0.29, 0.717) is 18.1 Å². The minimum atomic E-state index is 0.305. The van der Waals surface area contributed by atoms with Gasteiger partial charge in [0.25, 0.3) is 0 Å². The molecule has 0 aromatic carbocycles. The first-order valence-electron chi connectivity index (χ1n) is 6.27. The van der Waals surface area contributed by atoms with Gasteiger partial charge in [0.2, 0.25) is 0 Å². The van der Waals surface area contributed by atoms with Crippen molar-refractivity contribution in [2.24, 2.45) is 11.7 Å². The monoisotopic (exact) mass is 212 g/mol. The van der Waals surface area contributed by atoms with E-state index in [1.165, 1.54) is 19.4 Å². The van der Waals surface area contributed by atoms with Crippen LogP contribution >= 0.6 is 0 Å². The SMILES string of the molecule is CC(C)N(CC1CC1)C1COCCC1N. The lowest BCUT2D eigenvalue weighted by Crippen LogP contribution is -2.56. The van der Waals surface area contributed by atoms with E-state index in [1.807, 2.05) is 0 Å². The highest BCUT2D eigenvalue weighted by Gasteiger charge is 2.33. The predicted octanol–water partition coefficient (Wildman–Crippen LogP) is 1.22. The number of hydrogen-bond donors (Lipinski definition) is 1. The molecule has 0 amide bonds. The molecule has 0 bridgehead atoms. The van der Waals surface area contributed by atoms with Crippen molar-refractivity contribution < 1.29 is 4.74 Å². The summed E-state index contributed by atoms with van der Waals surface area (Å²) in [7, 11) is 0. The van der Waals surface area contributed by atoms with Gasteiger partial charge in [-0.05, 0) is 39.0 Å². The Labute approximate surface area is 93.0 Å². The largest absolute Gasteiger partial charge is 0.380 e. The third kappa shape index (κ3) is 2.92. The maximum absolute atomic E-state index is 6.19. The van der Waals surface area contributed by atoms with Crippen LogP contribution in [0.2, 0.25) is 0 Å². The Bertz CT molecular complexity index is 204. The molecule has 2 atom stereocenters. The van der Waals surface area contributed by atoms with E-state index in [0.717, 1.165) is 25.6 Å². The zero-order chi connectivity index (χ0) is 10.8. The molecule has 1 heterocycles. The van der Waals surface area contributed by atoms with E-state index in [9.17, 15) is 0 Å². The lowest BCUT2D eigenvalue weighted by Gasteiger charge is -2.40. The van der Waals surface area contributed by atoms with Crippen LogP contribution in [0.1, 0.15) is 33.1 Å². The minimum absolute atomic E-state index is 0.305. The lowest BCUT2D eigenvalue weighted by atomic mass is 10.0. The summed E-state index contributed by atoms with van der Waals surface area (Å²) in [6.07, 6.45) is 3.83. The van der Waals surface area contributed by atoms with Gasteiger partial charge in [-0.3, -0.25) is 4.90 Å². The molecule has 88 valence electrons. The van der Waals surface area contributed by atoms with Crippen LogP contribution in [0.15, 0.2) is 0 Å². The average molecular weight is 212 g/mol. The van der Waals surface area contributed by atoms with Crippen molar-refractivity contribution in [3.8, 4) is 0 Å². The molecular weight excluding hydrogens is 188 g/mol. The Morgan fingerprint density at radius 2 is 2.07 bits per heavy atom. The van der Waals surface area contributed by atoms with Gasteiger partial charge in [-0.1, -0.05) is 0 Å². The van der Waals surface area contributed by atoms with Gasteiger partial charge in [0.1, 0.15) is 0 Å². The van der Waals surface area contributed by atoms with Crippen LogP contribution in [0.5, 0.6) is 0 Å². The molecular formula is C12H24N2O. The number of nitrogens with zero attached hydrogens (tertiary/aromatic N) is 1. The molecule has 1 aliphatic heterocycles. The summed E-state index contributed by atoms with van der Waals surface area (Å²) in [6, 6.07) is 1.34. The molecule has 2 aliphatic rings. The molecule has 2 rings (SSSR count). The molecule has 15 heavy (non-hydrogen) atoms. The van der Waals surface area contributed by atoms with Crippen LogP contribution < -0.4 is 5.73 Å². The lowest BCUT2D eigenvalue weighted by molar-refractivity contribution is -0.00783. The summed E-state index contributed by atoms with van der Waals surface area (Å²) < 4.78 is 5.56. The summed E-state index contributed by atoms with van der Waals surface area (Å²) in [5, 5.41) is 0. The summed E-state index contributed by atoms with van der Waals surface area (Å²) >= 11 is 0. The maximum Gasteiger partial charge on any atom is 0.0637 e. The molecule has 0 radical (unpaired) electrons. The minimum Gasteiger partial charge on any atom is -0.380 e. The Morgan fingerprint density at radius 3 is 2.60 bits per heavy atom. The fraction of sp³-hybridized carbons (Fsp3) is 1.00. The number of hydrogen-bond acceptors (Lipinski definition) is 3. The summed E-state index contributed by atoms with van der Waals surface area (Å²) in [5.41, 5.74) is 6.19. The van der Waals surface area contributed by atoms with Crippen molar-refractivity contribution in [2.45, 2.75) is 51.2 Å². The number of nitrogens with two attached hydrogens (primary N) is 1. The van der Waals surface area contributed by atoms with E-state index < -0.39 is 0 Å². The van der Waals surface area contributed by atoms with Crippen LogP contribution in [-0.2, 0) is 4.74 Å². The topological polar surface area (TPSA) is 38.5 Å². The van der Waals surface area contributed by atoms with Crippen LogP contribution in [0.4, 0.5) is 0 Å². The summed E-state index contributed by atoms with van der Waals surface area (Å²) in [4.78, 5) is 2.56. The quantitative estimate of drug-likeness (QED) is 0.761. The Balaban J connectivity index is 1.94. The highest BCUT2D eigenvalue weighted by molar-refractivity contribution is 4.89. The third-order valence-corrected chi connectivity index (χ3v) is 3.63. The third-order valence-electron chi connectivity index (χ3n) is 3.63. The fourth-order valence-electron chi connectivity index (χ4n) is 2.41. The van der Waals surface area contributed by atoms with Crippen molar-refractivity contribution in [3.63, 3.8) is 0 Å². The van der Waals surface area contributed by atoms with E-state index in [2.05, 4.69) is 18.7 Å². The molecule has 1 saturated carbocycles. The highest BCUT2D eigenvalue weighted by Crippen LogP contribution is 2.31. The zero-order valence-electron chi connectivity index (χ0n) is 9.98. The van der Waals surface area contributed by atoms with Crippen LogP contribution in [-0.4, -0.2) is 42.8 Å². The summed E-state index contributed by atoms with van der Waals surface area (Å²) in [5.74, 6) is 0.932.